The zero-order chi connectivity index (χ0) is 15.0. The second-order valence-corrected chi connectivity index (χ2v) is 6.13. The Kier molecular flexibility index (Phi) is 3.91. The molecule has 1 aromatic heterocycles. The summed E-state index contributed by atoms with van der Waals surface area (Å²) in [7, 11) is 0. The van der Waals surface area contributed by atoms with Crippen molar-refractivity contribution in [1.29, 1.82) is 0 Å². The average Bonchev–Trinajstić information content (AvgIpc) is 2.93. The van der Waals surface area contributed by atoms with Crippen molar-refractivity contribution < 1.29 is 0 Å². The Bertz CT molecular complexity index is 680. The van der Waals surface area contributed by atoms with Gasteiger partial charge in [-0.05, 0) is 55.9 Å². The van der Waals surface area contributed by atoms with Gasteiger partial charge in [0.1, 0.15) is 0 Å². The molecule has 1 aliphatic heterocycles. The van der Waals surface area contributed by atoms with Gasteiger partial charge in [-0.2, -0.15) is 0 Å². The Morgan fingerprint density at radius 2 is 2.10 bits per heavy atom. The highest BCUT2D eigenvalue weighted by Crippen LogP contribution is 2.28. The monoisotopic (exact) mass is 319 g/mol. The summed E-state index contributed by atoms with van der Waals surface area (Å²) >= 11 is 11.8. The molecule has 0 spiro atoms. The number of thiocarbonyl (C=S) groups is 1. The molecule has 0 amide bonds. The lowest BCUT2D eigenvalue weighted by Gasteiger charge is -2.37. The van der Waals surface area contributed by atoms with Crippen molar-refractivity contribution in [1.82, 2.24) is 9.47 Å². The van der Waals surface area contributed by atoms with Crippen molar-refractivity contribution in [3.8, 4) is 0 Å². The fourth-order valence-electron chi connectivity index (χ4n) is 2.79. The van der Waals surface area contributed by atoms with E-state index in [1.165, 1.54) is 5.69 Å². The van der Waals surface area contributed by atoms with Gasteiger partial charge in [0.2, 0.25) is 0 Å². The Morgan fingerprint density at radius 3 is 2.90 bits per heavy atom. The van der Waals surface area contributed by atoms with Crippen molar-refractivity contribution in [2.75, 3.05) is 11.9 Å². The highest BCUT2D eigenvalue weighted by atomic mass is 35.5. The van der Waals surface area contributed by atoms with Crippen LogP contribution in [0.15, 0.2) is 36.5 Å². The number of nitrogens with one attached hydrogen (secondary N) is 1. The Balaban J connectivity index is 1.79. The molecule has 1 aromatic carbocycles. The molecule has 21 heavy (non-hydrogen) atoms. The van der Waals surface area contributed by atoms with Crippen LogP contribution in [0.1, 0.15) is 24.2 Å². The van der Waals surface area contributed by atoms with E-state index in [9.17, 15) is 0 Å². The lowest BCUT2D eigenvalue weighted by atomic mass is 10.1. The number of halogens is 1. The number of fused-ring (bicyclic) bond motifs is 1. The van der Waals surface area contributed by atoms with Gasteiger partial charge in [0, 0.05) is 35.7 Å². The molecule has 2 heterocycles. The van der Waals surface area contributed by atoms with Crippen LogP contribution in [0.2, 0.25) is 5.02 Å². The van der Waals surface area contributed by atoms with Crippen molar-refractivity contribution in [2.24, 2.45) is 0 Å². The van der Waals surface area contributed by atoms with Crippen LogP contribution in [-0.4, -0.2) is 21.1 Å². The number of benzene rings is 1. The number of nitrogens with zero attached hydrogens (tertiary/aromatic N) is 2. The molecule has 1 aliphatic rings. The summed E-state index contributed by atoms with van der Waals surface area (Å²) in [6.07, 6.45) is 2.13. The predicted octanol–water partition coefficient (Wildman–Crippen LogP) is 4.22. The number of hydrogen-bond acceptors (Lipinski definition) is 1. The van der Waals surface area contributed by atoms with Gasteiger partial charge < -0.3 is 14.8 Å². The maximum absolute atomic E-state index is 6.16. The molecule has 1 atom stereocenters. The number of rotatable bonds is 1. The first-order valence-corrected chi connectivity index (χ1v) is 7.84. The van der Waals surface area contributed by atoms with E-state index < -0.39 is 0 Å². The van der Waals surface area contributed by atoms with Gasteiger partial charge in [-0.1, -0.05) is 17.7 Å². The quantitative estimate of drug-likeness (QED) is 0.795. The summed E-state index contributed by atoms with van der Waals surface area (Å²) in [5, 5.41) is 4.84. The summed E-state index contributed by atoms with van der Waals surface area (Å²) in [4.78, 5) is 2.23. The molecule has 0 radical (unpaired) electrons. The van der Waals surface area contributed by atoms with Gasteiger partial charge in [-0.25, -0.2) is 0 Å². The van der Waals surface area contributed by atoms with E-state index in [4.69, 9.17) is 23.8 Å². The van der Waals surface area contributed by atoms with E-state index >= 15 is 0 Å². The van der Waals surface area contributed by atoms with Crippen LogP contribution in [0.25, 0.3) is 0 Å². The number of hydrogen-bond donors (Lipinski definition) is 1. The molecule has 2 aromatic rings. The summed E-state index contributed by atoms with van der Waals surface area (Å²) in [5.74, 6) is 0. The molecule has 1 N–H and O–H groups in total. The highest BCUT2D eigenvalue weighted by Gasteiger charge is 2.25. The fraction of sp³-hybridized carbons (Fsp3) is 0.312. The van der Waals surface area contributed by atoms with Crippen LogP contribution in [0.3, 0.4) is 0 Å². The highest BCUT2D eigenvalue weighted by molar-refractivity contribution is 7.80. The Hall–Kier alpha value is -1.52. The summed E-state index contributed by atoms with van der Waals surface area (Å²) in [5.41, 5.74) is 3.29. The topological polar surface area (TPSA) is 20.2 Å². The second-order valence-electron chi connectivity index (χ2n) is 5.34. The average molecular weight is 320 g/mol. The van der Waals surface area contributed by atoms with Gasteiger partial charge in [-0.3, -0.25) is 0 Å². The molecule has 3 rings (SSSR count). The van der Waals surface area contributed by atoms with Crippen molar-refractivity contribution in [3.63, 3.8) is 0 Å². The van der Waals surface area contributed by atoms with E-state index in [1.807, 2.05) is 25.1 Å². The molecular formula is C16H18ClN3S. The molecule has 0 saturated carbocycles. The van der Waals surface area contributed by atoms with Gasteiger partial charge in [0.25, 0.3) is 0 Å². The first-order chi connectivity index (χ1) is 10.1. The smallest absolute Gasteiger partial charge is 0.174 e. The summed E-state index contributed by atoms with van der Waals surface area (Å²) in [6.45, 7) is 6.05. The minimum absolute atomic E-state index is 0.272. The molecule has 1 unspecified atom stereocenters. The molecule has 5 heteroatoms. The molecule has 3 nitrogen and oxygen atoms in total. The molecule has 0 fully saturated rings. The first-order valence-electron chi connectivity index (χ1n) is 7.05. The molecular weight excluding hydrogens is 302 g/mol. The third kappa shape index (κ3) is 2.65. The van der Waals surface area contributed by atoms with Crippen LogP contribution in [0, 0.1) is 6.92 Å². The lowest BCUT2D eigenvalue weighted by molar-refractivity contribution is 0.276. The number of anilines is 1. The molecule has 0 bridgehead atoms. The van der Waals surface area contributed by atoms with Gasteiger partial charge in [0.05, 0.1) is 6.04 Å². The minimum atomic E-state index is 0.272. The van der Waals surface area contributed by atoms with Crippen molar-refractivity contribution >= 4 is 34.6 Å². The van der Waals surface area contributed by atoms with Crippen LogP contribution in [-0.2, 0) is 6.54 Å². The maximum Gasteiger partial charge on any atom is 0.174 e. The van der Waals surface area contributed by atoms with Gasteiger partial charge in [-0.15, -0.1) is 0 Å². The SMILES string of the molecule is Cc1c(Cl)cccc1NC(=S)N1CCn2cccc2C1C. The third-order valence-corrected chi connectivity index (χ3v) is 4.86. The standard InChI is InChI=1S/C16H18ClN3S/c1-11-13(17)5-3-6-14(11)18-16(21)20-10-9-19-8-4-7-15(19)12(20)2/h3-8,12H,9-10H2,1-2H3,(H,18,21). The zero-order valence-corrected chi connectivity index (χ0v) is 13.7. The lowest BCUT2D eigenvalue weighted by Crippen LogP contribution is -2.42. The van der Waals surface area contributed by atoms with Crippen molar-refractivity contribution in [3.05, 3.63) is 52.8 Å². The predicted molar refractivity (Wildman–Crippen MR) is 92.0 cm³/mol. The first kappa shape index (κ1) is 14.4. The van der Waals surface area contributed by atoms with E-state index in [2.05, 4.69) is 40.0 Å². The Labute approximate surface area is 135 Å². The second kappa shape index (κ2) is 5.70. The maximum atomic E-state index is 6.16. The normalized spacial score (nSPS) is 17.5. The molecule has 0 aliphatic carbocycles. The van der Waals surface area contributed by atoms with E-state index in [0.717, 1.165) is 34.5 Å². The third-order valence-electron chi connectivity index (χ3n) is 4.11. The van der Waals surface area contributed by atoms with Crippen LogP contribution in [0.4, 0.5) is 5.69 Å². The number of aromatic nitrogens is 1. The van der Waals surface area contributed by atoms with E-state index in [1.54, 1.807) is 0 Å². The molecule has 0 saturated heterocycles. The fourth-order valence-corrected chi connectivity index (χ4v) is 3.32. The van der Waals surface area contributed by atoms with Gasteiger partial charge >= 0.3 is 0 Å². The van der Waals surface area contributed by atoms with Crippen LogP contribution in [0.5, 0.6) is 0 Å². The Morgan fingerprint density at radius 1 is 1.29 bits per heavy atom. The zero-order valence-electron chi connectivity index (χ0n) is 12.1. The van der Waals surface area contributed by atoms with Crippen molar-refractivity contribution in [2.45, 2.75) is 26.4 Å². The summed E-state index contributed by atoms with van der Waals surface area (Å²) in [6, 6.07) is 10.3. The van der Waals surface area contributed by atoms with Crippen LogP contribution >= 0.6 is 23.8 Å². The van der Waals surface area contributed by atoms with Gasteiger partial charge in [0.15, 0.2) is 5.11 Å². The minimum Gasteiger partial charge on any atom is -0.348 e. The largest absolute Gasteiger partial charge is 0.348 e. The molecule has 110 valence electrons. The van der Waals surface area contributed by atoms with E-state index in [-0.39, 0.29) is 6.04 Å². The van der Waals surface area contributed by atoms with E-state index in [0.29, 0.717) is 0 Å². The summed E-state index contributed by atoms with van der Waals surface area (Å²) < 4.78 is 2.29. The van der Waals surface area contributed by atoms with Crippen LogP contribution < -0.4 is 5.32 Å².